The zero-order chi connectivity index (χ0) is 56.4. The molecule has 7 heterocycles. The molecule has 0 saturated carbocycles. The number of methoxy groups -OCH3 is 1. The van der Waals surface area contributed by atoms with Gasteiger partial charge in [-0.05, 0) is 120 Å². The first-order chi connectivity index (χ1) is 37.3. The number of carbonyl (C=O) groups excluding carboxylic acids is 1. The summed E-state index contributed by atoms with van der Waals surface area (Å²) in [4.78, 5) is 23.9. The number of aromatic nitrogens is 4. The van der Waals surface area contributed by atoms with E-state index in [0.29, 0.717) is 33.9 Å². The molecule has 0 bridgehead atoms. The summed E-state index contributed by atoms with van der Waals surface area (Å²) in [6.45, 7) is 13.6. The van der Waals surface area contributed by atoms with Crippen molar-refractivity contribution in [3.8, 4) is 62.1 Å². The van der Waals surface area contributed by atoms with Gasteiger partial charge in [0.1, 0.15) is 66.4 Å². The predicted octanol–water partition coefficient (Wildman–Crippen LogP) is 13.2. The van der Waals surface area contributed by atoms with E-state index in [2.05, 4.69) is 74.1 Å². The molecule has 0 fully saturated rings. The molecule has 2 aromatic carbocycles. The first-order valence-electron chi connectivity index (χ1n) is 25.3. The summed E-state index contributed by atoms with van der Waals surface area (Å²) < 4.78 is 30.1. The Hall–Kier alpha value is -7.48. The van der Waals surface area contributed by atoms with E-state index in [-0.39, 0.29) is 17.2 Å². The van der Waals surface area contributed by atoms with Gasteiger partial charge in [-0.2, -0.15) is 14.4 Å². The highest BCUT2D eigenvalue weighted by atomic mass is 35.5. The molecular weight excluding hydrogens is 1060 g/mol. The van der Waals surface area contributed by atoms with Crippen molar-refractivity contribution in [1.29, 1.82) is 5.26 Å². The molecule has 0 spiro atoms. The number of rotatable bonds is 11. The summed E-state index contributed by atoms with van der Waals surface area (Å²) in [7, 11) is 9.41. The topological polar surface area (TPSA) is 140 Å². The van der Waals surface area contributed by atoms with Crippen molar-refractivity contribution >= 4 is 68.1 Å². The third-order valence-corrected chi connectivity index (χ3v) is 16.2. The summed E-state index contributed by atoms with van der Waals surface area (Å²) in [5.41, 5.74) is 15.0. The van der Waals surface area contributed by atoms with Gasteiger partial charge in [0.05, 0.1) is 41.9 Å². The van der Waals surface area contributed by atoms with Gasteiger partial charge in [0, 0.05) is 49.9 Å². The van der Waals surface area contributed by atoms with Gasteiger partial charge in [0.2, 0.25) is 29.0 Å². The zero-order valence-corrected chi connectivity index (χ0v) is 49.0. The number of hydrogen-bond acceptors (Lipinski definition) is 10. The number of ether oxygens (including phenoxy) is 3. The fourth-order valence-corrected chi connectivity index (χ4v) is 12.3. The molecule has 0 N–H and O–H groups in total. The second-order valence-corrected chi connectivity index (χ2v) is 22.1. The lowest BCUT2D eigenvalue weighted by Crippen LogP contribution is -2.31. The minimum absolute atomic E-state index is 0.118. The molecule has 0 atom stereocenters. The van der Waals surface area contributed by atoms with Crippen molar-refractivity contribution in [2.24, 2.45) is 28.2 Å². The molecule has 0 amide bonds. The van der Waals surface area contributed by atoms with Gasteiger partial charge in [-0.25, -0.2) is 9.13 Å². The van der Waals surface area contributed by atoms with Gasteiger partial charge >= 0.3 is 0 Å². The van der Waals surface area contributed by atoms with Crippen LogP contribution in [-0.2, 0) is 57.2 Å². The predicted molar refractivity (Wildman–Crippen MR) is 308 cm³/mol. The van der Waals surface area contributed by atoms with Crippen LogP contribution in [0, 0.1) is 56.1 Å². The Morgan fingerprint density at radius 2 is 1.50 bits per heavy atom. The van der Waals surface area contributed by atoms with Crippen molar-refractivity contribution in [2.45, 2.75) is 73.8 Å². The smallest absolute Gasteiger partial charge is 0.293 e. The lowest BCUT2D eigenvalue weighted by atomic mass is 9.87. The maximum Gasteiger partial charge on any atom is 0.293 e. The van der Waals surface area contributed by atoms with Crippen molar-refractivity contribution < 1.29 is 46.6 Å². The van der Waals surface area contributed by atoms with E-state index < -0.39 is 0 Å². The van der Waals surface area contributed by atoms with Crippen LogP contribution >= 0.6 is 45.9 Å². The molecule has 0 aliphatic heterocycles. The first kappa shape index (κ1) is 58.2. The molecular formula is C61H64Cl2N6O7S2+4. The van der Waals surface area contributed by atoms with E-state index in [9.17, 15) is 14.9 Å². The van der Waals surface area contributed by atoms with Crippen LogP contribution in [0.2, 0.25) is 10.0 Å². The van der Waals surface area contributed by atoms with E-state index in [1.54, 1.807) is 48.5 Å². The molecule has 17 heteroatoms. The number of hydrogen-bond donors (Lipinski definition) is 0. The van der Waals surface area contributed by atoms with E-state index in [4.69, 9.17) is 47.1 Å². The van der Waals surface area contributed by atoms with Crippen molar-refractivity contribution in [3.05, 3.63) is 179 Å². The minimum atomic E-state index is -0.354. The molecule has 0 radical (unpaired) electrons. The van der Waals surface area contributed by atoms with Gasteiger partial charge in [0.15, 0.2) is 24.3 Å². The van der Waals surface area contributed by atoms with Crippen LogP contribution in [0.1, 0.15) is 68.7 Å². The van der Waals surface area contributed by atoms with E-state index in [1.165, 1.54) is 75.0 Å². The molecule has 9 aromatic rings. The number of carbonyl (C=O) groups is 1. The number of nitro groups is 1. The van der Waals surface area contributed by atoms with Crippen LogP contribution < -0.4 is 27.7 Å². The molecule has 402 valence electrons. The minimum Gasteiger partial charge on any atom is -0.488 e. The van der Waals surface area contributed by atoms with E-state index in [0.717, 1.165) is 66.7 Å². The molecule has 10 rings (SSSR count). The highest BCUT2D eigenvalue weighted by molar-refractivity contribution is 7.19. The highest BCUT2D eigenvalue weighted by Gasteiger charge is 2.25. The second-order valence-electron chi connectivity index (χ2n) is 18.9. The van der Waals surface area contributed by atoms with Crippen LogP contribution in [0.5, 0.6) is 11.7 Å². The number of nitrogens with zero attached hydrogens (tertiary/aromatic N) is 6. The first-order valence-corrected chi connectivity index (χ1v) is 27.7. The van der Waals surface area contributed by atoms with E-state index in [1.807, 2.05) is 99.1 Å². The standard InChI is InChI=1S/C19H24NO.C15H13N2O2S.C15H15N2O2S.C12H12Cl2NO2/c1-4-21-17-9-10-19(20(3)13-17)18-12-16-8-6-5-7-15(16)11-14(18)2;1-10-15(12-5-3-4-6-14(12)20-10)13-9-11(17(18)19)7-8-16(13)2;1-10-4-13(6-16)20-15(10)14-5-12(8-19-9-18)11(2)7-17(14)3;1-7-9(5-11(16-3)17-7)12-10(14)4-8(13)6-15(12)2/h9-13H,4-8H2,1-3H3;3-9H,1-2H3;4-5,7,9H,8H2,1-3H3;4-6H,1-3H3/q4*+1. The summed E-state index contributed by atoms with van der Waals surface area (Å²) in [5, 5.41) is 22.3. The molecule has 1 aliphatic rings. The maximum absolute atomic E-state index is 11.0. The number of benzene rings is 2. The third kappa shape index (κ3) is 13.6. The van der Waals surface area contributed by atoms with Gasteiger partial charge < -0.3 is 18.6 Å². The number of pyridine rings is 4. The Balaban J connectivity index is 0.000000151. The molecule has 0 unspecified atom stereocenters. The number of nitriles is 1. The summed E-state index contributed by atoms with van der Waals surface area (Å²) in [6, 6.07) is 29.9. The Morgan fingerprint density at radius 1 is 0.782 bits per heavy atom. The van der Waals surface area contributed by atoms with Crippen LogP contribution in [0.15, 0.2) is 114 Å². The largest absolute Gasteiger partial charge is 0.488 e. The monoisotopic (exact) mass is 1130 g/mol. The number of fused-ring (bicyclic) bond motifs is 2. The van der Waals surface area contributed by atoms with Crippen LogP contribution in [0.4, 0.5) is 5.69 Å². The average Bonchev–Trinajstić information content (AvgIpc) is 4.12. The second kappa shape index (κ2) is 26.2. The Morgan fingerprint density at radius 3 is 2.14 bits per heavy atom. The Kier molecular flexibility index (Phi) is 19.6. The van der Waals surface area contributed by atoms with Gasteiger partial charge in [-0.15, -0.1) is 22.7 Å². The van der Waals surface area contributed by atoms with Gasteiger partial charge in [-0.1, -0.05) is 47.5 Å². The molecule has 1 aliphatic carbocycles. The zero-order valence-electron chi connectivity index (χ0n) is 45.8. The summed E-state index contributed by atoms with van der Waals surface area (Å²) in [5.74, 6) is 2.14. The molecule has 13 nitrogen and oxygen atoms in total. The third-order valence-electron chi connectivity index (χ3n) is 13.4. The number of halogens is 2. The molecule has 78 heavy (non-hydrogen) atoms. The van der Waals surface area contributed by atoms with Crippen molar-refractivity contribution in [3.63, 3.8) is 0 Å². The maximum atomic E-state index is 11.0. The molecule has 0 saturated heterocycles. The summed E-state index contributed by atoms with van der Waals surface area (Å²) in [6.07, 6.45) is 12.7. The van der Waals surface area contributed by atoms with Gasteiger partial charge in [-0.3, -0.25) is 14.9 Å². The molecule has 7 aromatic heterocycles. The Bertz CT molecular complexity index is 3690. The van der Waals surface area contributed by atoms with Crippen LogP contribution in [-0.4, -0.2) is 25.1 Å². The normalized spacial score (nSPS) is 11.4. The van der Waals surface area contributed by atoms with E-state index >= 15 is 0 Å². The van der Waals surface area contributed by atoms with Crippen molar-refractivity contribution in [2.75, 3.05) is 13.7 Å². The van der Waals surface area contributed by atoms with Crippen LogP contribution in [0.3, 0.4) is 0 Å². The fraction of sp³-hybridized carbons (Fsp3) is 0.279. The Labute approximate surface area is 473 Å². The lowest BCUT2D eigenvalue weighted by molar-refractivity contribution is -0.660. The number of aryl methyl sites for hydroxylation is 11. The van der Waals surface area contributed by atoms with Gasteiger partial charge in [0.25, 0.3) is 18.1 Å². The summed E-state index contributed by atoms with van der Waals surface area (Å²) >= 11 is 15.3. The number of thiophene rings is 2. The number of furan rings is 1. The van der Waals surface area contributed by atoms with Crippen LogP contribution in [0.25, 0.3) is 54.4 Å². The SMILES string of the molecule is CCOc1ccc(-c2cc3c(cc2C)CCCC3)[n+](C)c1.COc1cc(-c2c(Cl)cc(Cl)c[n+]2C)c(C)o1.Cc1c[n+](C)c(-c2sc(C#N)cc2C)cc1COC=O.Cc1sc2ccccc2c1-c1cc([N+](=O)[O-])cc[n+]1C. The highest BCUT2D eigenvalue weighted by Crippen LogP contribution is 2.38. The lowest BCUT2D eigenvalue weighted by Gasteiger charge is -2.18. The quantitative estimate of drug-likeness (QED) is 0.0540. The average molecular weight is 1130 g/mol. The van der Waals surface area contributed by atoms with Crippen molar-refractivity contribution in [1.82, 2.24) is 0 Å². The fourth-order valence-electron chi connectivity index (χ4n) is 9.58.